The van der Waals surface area contributed by atoms with Crippen LogP contribution >= 0.6 is 0 Å². The minimum Gasteiger partial charge on any atom is -0.378 e. The third-order valence-electron chi connectivity index (χ3n) is 4.41. The number of amides is 1. The summed E-state index contributed by atoms with van der Waals surface area (Å²) in [6.45, 7) is 6.73. The van der Waals surface area contributed by atoms with Crippen LogP contribution in [0.4, 0.5) is 0 Å². The standard InChI is InChI=1S/C19H35NO2/c1-2-3-4-5-6-7-8-9-10-11-12-13-14-19(21)20-15-17-22-18-16-20/h2H,1,3-18H2. The highest BCUT2D eigenvalue weighted by atomic mass is 16.5. The van der Waals surface area contributed by atoms with E-state index >= 15 is 0 Å². The summed E-state index contributed by atoms with van der Waals surface area (Å²) in [7, 11) is 0. The Labute approximate surface area is 137 Å². The second-order valence-electron chi connectivity index (χ2n) is 6.36. The number of nitrogens with zero attached hydrogens (tertiary/aromatic N) is 1. The Morgan fingerprint density at radius 3 is 1.91 bits per heavy atom. The fourth-order valence-corrected chi connectivity index (χ4v) is 2.95. The second kappa shape index (κ2) is 13.8. The second-order valence-corrected chi connectivity index (χ2v) is 6.36. The first-order valence-electron chi connectivity index (χ1n) is 9.31. The predicted molar refractivity (Wildman–Crippen MR) is 93.0 cm³/mol. The van der Waals surface area contributed by atoms with Crippen molar-refractivity contribution < 1.29 is 9.53 Å². The molecule has 0 aromatic carbocycles. The topological polar surface area (TPSA) is 29.5 Å². The predicted octanol–water partition coefficient (Wildman–Crippen LogP) is 4.71. The van der Waals surface area contributed by atoms with Gasteiger partial charge < -0.3 is 9.64 Å². The largest absolute Gasteiger partial charge is 0.378 e. The van der Waals surface area contributed by atoms with Gasteiger partial charge in [-0.1, -0.05) is 57.4 Å². The molecule has 0 saturated carbocycles. The van der Waals surface area contributed by atoms with Crippen LogP contribution in [0.1, 0.15) is 77.0 Å². The SMILES string of the molecule is C=CCCCCCCCCCCCCC(=O)N1CCOCC1. The fourth-order valence-electron chi connectivity index (χ4n) is 2.95. The number of ether oxygens (including phenoxy) is 1. The van der Waals surface area contributed by atoms with Gasteiger partial charge in [0.25, 0.3) is 0 Å². The van der Waals surface area contributed by atoms with Crippen molar-refractivity contribution in [2.24, 2.45) is 0 Å². The first-order chi connectivity index (χ1) is 10.8. The van der Waals surface area contributed by atoms with Gasteiger partial charge in [0.15, 0.2) is 0 Å². The Morgan fingerprint density at radius 2 is 1.36 bits per heavy atom. The molecule has 1 aliphatic rings. The molecule has 1 heterocycles. The van der Waals surface area contributed by atoms with Crippen LogP contribution in [0.25, 0.3) is 0 Å². The van der Waals surface area contributed by atoms with Gasteiger partial charge in [-0.2, -0.15) is 0 Å². The third kappa shape index (κ3) is 9.99. The van der Waals surface area contributed by atoms with Gasteiger partial charge in [-0.25, -0.2) is 0 Å². The number of unbranched alkanes of at least 4 members (excludes halogenated alkanes) is 10. The molecule has 0 radical (unpaired) electrons. The zero-order valence-electron chi connectivity index (χ0n) is 14.4. The maximum Gasteiger partial charge on any atom is 0.222 e. The first-order valence-corrected chi connectivity index (χ1v) is 9.31. The number of allylic oxidation sites excluding steroid dienone is 1. The molecule has 1 rings (SSSR count). The summed E-state index contributed by atoms with van der Waals surface area (Å²) in [6, 6.07) is 0. The molecule has 1 amide bonds. The van der Waals surface area contributed by atoms with Crippen LogP contribution in [0.5, 0.6) is 0 Å². The summed E-state index contributed by atoms with van der Waals surface area (Å²) < 4.78 is 5.27. The summed E-state index contributed by atoms with van der Waals surface area (Å²) >= 11 is 0. The maximum absolute atomic E-state index is 11.9. The summed E-state index contributed by atoms with van der Waals surface area (Å²) in [4.78, 5) is 13.9. The van der Waals surface area contributed by atoms with Gasteiger partial charge in [-0.3, -0.25) is 4.79 Å². The molecule has 3 heteroatoms. The molecule has 1 fully saturated rings. The highest BCUT2D eigenvalue weighted by molar-refractivity contribution is 5.76. The Balaban J connectivity index is 1.79. The van der Waals surface area contributed by atoms with Crippen molar-refractivity contribution in [1.29, 1.82) is 0 Å². The van der Waals surface area contributed by atoms with Crippen molar-refractivity contribution in [3.63, 3.8) is 0 Å². The van der Waals surface area contributed by atoms with E-state index in [9.17, 15) is 4.79 Å². The molecular formula is C19H35NO2. The van der Waals surface area contributed by atoms with E-state index in [0.717, 1.165) is 25.9 Å². The monoisotopic (exact) mass is 309 g/mol. The van der Waals surface area contributed by atoms with Gasteiger partial charge in [-0.15, -0.1) is 6.58 Å². The Kier molecular flexibility index (Phi) is 12.1. The smallest absolute Gasteiger partial charge is 0.222 e. The number of hydrogen-bond acceptors (Lipinski definition) is 2. The van der Waals surface area contributed by atoms with E-state index < -0.39 is 0 Å². The van der Waals surface area contributed by atoms with Gasteiger partial charge in [0, 0.05) is 19.5 Å². The van der Waals surface area contributed by atoms with Crippen molar-refractivity contribution >= 4 is 5.91 Å². The van der Waals surface area contributed by atoms with Crippen LogP contribution in [0.2, 0.25) is 0 Å². The van der Waals surface area contributed by atoms with Crippen LogP contribution in [0.3, 0.4) is 0 Å². The van der Waals surface area contributed by atoms with Crippen LogP contribution in [-0.4, -0.2) is 37.1 Å². The highest BCUT2D eigenvalue weighted by Crippen LogP contribution is 2.12. The van der Waals surface area contributed by atoms with Gasteiger partial charge in [-0.05, 0) is 19.3 Å². The van der Waals surface area contributed by atoms with E-state index in [1.54, 1.807) is 0 Å². The van der Waals surface area contributed by atoms with Crippen LogP contribution in [0.15, 0.2) is 12.7 Å². The number of carbonyl (C=O) groups is 1. The van der Waals surface area contributed by atoms with E-state index in [1.807, 2.05) is 11.0 Å². The van der Waals surface area contributed by atoms with Gasteiger partial charge >= 0.3 is 0 Å². The van der Waals surface area contributed by atoms with Crippen LogP contribution in [0, 0.1) is 0 Å². The van der Waals surface area contributed by atoms with Crippen molar-refractivity contribution in [3.8, 4) is 0 Å². The molecule has 1 aliphatic heterocycles. The molecule has 1 saturated heterocycles. The Morgan fingerprint density at radius 1 is 0.864 bits per heavy atom. The van der Waals surface area contributed by atoms with Crippen molar-refractivity contribution in [1.82, 2.24) is 4.90 Å². The lowest BCUT2D eigenvalue weighted by Crippen LogP contribution is -2.40. The van der Waals surface area contributed by atoms with Gasteiger partial charge in [0.1, 0.15) is 0 Å². The fraction of sp³-hybridized carbons (Fsp3) is 0.842. The normalized spacial score (nSPS) is 15.0. The molecule has 0 aliphatic carbocycles. The Bertz CT molecular complexity index is 285. The molecule has 22 heavy (non-hydrogen) atoms. The maximum atomic E-state index is 11.9. The zero-order valence-corrected chi connectivity index (χ0v) is 14.4. The van der Waals surface area contributed by atoms with E-state index in [4.69, 9.17) is 4.74 Å². The van der Waals surface area contributed by atoms with Crippen LogP contribution < -0.4 is 0 Å². The lowest BCUT2D eigenvalue weighted by atomic mass is 10.0. The Hall–Kier alpha value is -0.830. The molecule has 3 nitrogen and oxygen atoms in total. The number of hydrogen-bond donors (Lipinski definition) is 0. The van der Waals surface area contributed by atoms with Crippen LogP contribution in [-0.2, 0) is 9.53 Å². The molecule has 0 aromatic heterocycles. The average molecular weight is 309 g/mol. The minimum atomic E-state index is 0.322. The first kappa shape index (κ1) is 19.2. The molecule has 0 spiro atoms. The molecule has 0 bridgehead atoms. The highest BCUT2D eigenvalue weighted by Gasteiger charge is 2.15. The molecule has 0 aromatic rings. The summed E-state index contributed by atoms with van der Waals surface area (Å²) in [6.07, 6.45) is 16.9. The van der Waals surface area contributed by atoms with E-state index in [-0.39, 0.29) is 0 Å². The molecule has 0 atom stereocenters. The molecule has 128 valence electrons. The molecular weight excluding hydrogens is 274 g/mol. The lowest BCUT2D eigenvalue weighted by Gasteiger charge is -2.26. The van der Waals surface area contributed by atoms with E-state index in [0.29, 0.717) is 19.1 Å². The van der Waals surface area contributed by atoms with Crippen molar-refractivity contribution in [3.05, 3.63) is 12.7 Å². The van der Waals surface area contributed by atoms with E-state index in [1.165, 1.54) is 64.2 Å². The number of rotatable bonds is 13. The molecule has 0 N–H and O–H groups in total. The zero-order chi connectivity index (χ0) is 15.9. The minimum absolute atomic E-state index is 0.322. The summed E-state index contributed by atoms with van der Waals surface area (Å²) in [5.74, 6) is 0.322. The molecule has 0 unspecified atom stereocenters. The summed E-state index contributed by atoms with van der Waals surface area (Å²) in [5, 5.41) is 0. The average Bonchev–Trinajstić information content (AvgIpc) is 2.56. The van der Waals surface area contributed by atoms with Gasteiger partial charge in [0.05, 0.1) is 13.2 Å². The van der Waals surface area contributed by atoms with E-state index in [2.05, 4.69) is 6.58 Å². The van der Waals surface area contributed by atoms with Crippen molar-refractivity contribution in [2.75, 3.05) is 26.3 Å². The summed E-state index contributed by atoms with van der Waals surface area (Å²) in [5.41, 5.74) is 0. The quantitative estimate of drug-likeness (QED) is 0.364. The number of morpholine rings is 1. The lowest BCUT2D eigenvalue weighted by molar-refractivity contribution is -0.135. The third-order valence-corrected chi connectivity index (χ3v) is 4.41. The van der Waals surface area contributed by atoms with Gasteiger partial charge in [0.2, 0.25) is 5.91 Å². The number of carbonyl (C=O) groups excluding carboxylic acids is 1. The van der Waals surface area contributed by atoms with Crippen molar-refractivity contribution in [2.45, 2.75) is 77.0 Å².